The Balaban J connectivity index is 0.00000243. The maximum atomic E-state index is 13.1. The Labute approximate surface area is 157 Å². The first kappa shape index (κ1) is 20.3. The van der Waals surface area contributed by atoms with Crippen LogP contribution in [0.25, 0.3) is 0 Å². The van der Waals surface area contributed by atoms with Crippen molar-refractivity contribution < 1.29 is 9.18 Å². The van der Waals surface area contributed by atoms with Gasteiger partial charge in [-0.3, -0.25) is 4.79 Å². The summed E-state index contributed by atoms with van der Waals surface area (Å²) in [4.78, 5) is 12.9. The van der Waals surface area contributed by atoms with Gasteiger partial charge >= 0.3 is 0 Å². The third-order valence-corrected chi connectivity index (χ3v) is 4.72. The number of aromatic nitrogens is 4. The molecule has 1 fully saturated rings. The lowest BCUT2D eigenvalue weighted by molar-refractivity contribution is -0.125. The number of amides is 1. The molecule has 1 heterocycles. The van der Waals surface area contributed by atoms with Crippen LogP contribution in [-0.4, -0.2) is 38.2 Å². The van der Waals surface area contributed by atoms with Crippen LogP contribution in [0, 0.1) is 12.7 Å². The van der Waals surface area contributed by atoms with Gasteiger partial charge in [-0.1, -0.05) is 12.1 Å². The Morgan fingerprint density at radius 3 is 2.54 bits per heavy atom. The van der Waals surface area contributed by atoms with Crippen LogP contribution in [0.5, 0.6) is 0 Å². The highest BCUT2D eigenvalue weighted by Crippen LogP contribution is 2.20. The number of nitrogens with two attached hydrogens (primary N) is 1. The molecule has 9 heteroatoms. The van der Waals surface area contributed by atoms with Gasteiger partial charge < -0.3 is 11.1 Å². The van der Waals surface area contributed by atoms with Crippen LogP contribution < -0.4 is 11.1 Å². The van der Waals surface area contributed by atoms with Gasteiger partial charge in [-0.05, 0) is 60.7 Å². The highest BCUT2D eigenvalue weighted by Gasteiger charge is 2.27. The largest absolute Gasteiger partial charge is 0.351 e. The molecule has 3 N–H and O–H groups in total. The second kappa shape index (κ2) is 9.05. The lowest BCUT2D eigenvalue weighted by Gasteiger charge is -2.28. The van der Waals surface area contributed by atoms with Gasteiger partial charge in [0.2, 0.25) is 5.91 Å². The average Bonchev–Trinajstić information content (AvgIpc) is 3.02. The SMILES string of the molecule is Cc1nnnn1C(Cc1ccc(F)cc1)C(=O)NC1CCC(N)CC1.Cl. The number of benzene rings is 1. The van der Waals surface area contributed by atoms with Crippen molar-refractivity contribution in [1.82, 2.24) is 25.5 Å². The van der Waals surface area contributed by atoms with Gasteiger partial charge in [0, 0.05) is 18.5 Å². The van der Waals surface area contributed by atoms with Crippen LogP contribution in [0.2, 0.25) is 0 Å². The van der Waals surface area contributed by atoms with Crippen molar-refractivity contribution in [3.05, 3.63) is 41.5 Å². The van der Waals surface area contributed by atoms with Gasteiger partial charge in [-0.2, -0.15) is 0 Å². The number of rotatable bonds is 5. The average molecular weight is 383 g/mol. The summed E-state index contributed by atoms with van der Waals surface area (Å²) in [7, 11) is 0. The number of halogens is 2. The summed E-state index contributed by atoms with van der Waals surface area (Å²) in [5, 5.41) is 14.6. The molecule has 1 saturated carbocycles. The van der Waals surface area contributed by atoms with E-state index in [9.17, 15) is 9.18 Å². The predicted octanol–water partition coefficient (Wildman–Crippen LogP) is 1.71. The van der Waals surface area contributed by atoms with E-state index in [1.165, 1.54) is 16.8 Å². The van der Waals surface area contributed by atoms with E-state index in [-0.39, 0.29) is 36.2 Å². The molecule has 0 aliphatic heterocycles. The Hall–Kier alpha value is -2.06. The molecule has 2 aromatic rings. The molecule has 1 aliphatic rings. The minimum atomic E-state index is -0.573. The Morgan fingerprint density at radius 1 is 1.31 bits per heavy atom. The monoisotopic (exact) mass is 382 g/mol. The zero-order valence-corrected chi connectivity index (χ0v) is 15.5. The lowest BCUT2D eigenvalue weighted by atomic mass is 9.91. The smallest absolute Gasteiger partial charge is 0.245 e. The quantitative estimate of drug-likeness (QED) is 0.820. The summed E-state index contributed by atoms with van der Waals surface area (Å²) in [5.41, 5.74) is 6.77. The highest BCUT2D eigenvalue weighted by atomic mass is 35.5. The molecule has 142 valence electrons. The molecule has 0 radical (unpaired) electrons. The molecule has 7 nitrogen and oxygen atoms in total. The van der Waals surface area contributed by atoms with Crippen molar-refractivity contribution in [1.29, 1.82) is 0 Å². The summed E-state index contributed by atoms with van der Waals surface area (Å²) >= 11 is 0. The first-order chi connectivity index (χ1) is 12.0. The van der Waals surface area contributed by atoms with E-state index < -0.39 is 6.04 Å². The second-order valence-corrected chi connectivity index (χ2v) is 6.64. The standard InChI is InChI=1S/C17H23FN6O.ClH/c1-11-21-22-23-24(11)16(10-12-2-4-13(18)5-3-12)17(25)20-15-8-6-14(19)7-9-15;/h2-5,14-16H,6-10,19H2,1H3,(H,20,25);1H. The molecule has 0 saturated heterocycles. The number of nitrogens with one attached hydrogen (secondary N) is 1. The molecular formula is C17H24ClFN6O. The second-order valence-electron chi connectivity index (χ2n) is 6.64. The predicted molar refractivity (Wildman–Crippen MR) is 97.3 cm³/mol. The molecule has 1 aromatic carbocycles. The van der Waals surface area contributed by atoms with Crippen molar-refractivity contribution >= 4 is 18.3 Å². The normalized spacial score (nSPS) is 20.9. The third kappa shape index (κ3) is 4.98. The fourth-order valence-electron chi connectivity index (χ4n) is 3.22. The molecule has 1 aliphatic carbocycles. The van der Waals surface area contributed by atoms with Crippen LogP contribution in [0.15, 0.2) is 24.3 Å². The van der Waals surface area contributed by atoms with Gasteiger partial charge in [-0.15, -0.1) is 17.5 Å². The highest BCUT2D eigenvalue weighted by molar-refractivity contribution is 5.85. The third-order valence-electron chi connectivity index (χ3n) is 4.72. The van der Waals surface area contributed by atoms with Crippen molar-refractivity contribution in [2.24, 2.45) is 5.73 Å². The number of aryl methyl sites for hydroxylation is 1. The minimum absolute atomic E-state index is 0. The molecule has 26 heavy (non-hydrogen) atoms. The first-order valence-corrected chi connectivity index (χ1v) is 8.58. The molecule has 0 spiro atoms. The van der Waals surface area contributed by atoms with Crippen LogP contribution in [0.1, 0.15) is 43.1 Å². The molecule has 1 aromatic heterocycles. The van der Waals surface area contributed by atoms with Gasteiger partial charge in [0.05, 0.1) is 0 Å². The zero-order chi connectivity index (χ0) is 17.8. The summed E-state index contributed by atoms with van der Waals surface area (Å²) in [6.45, 7) is 1.75. The Bertz CT molecular complexity index is 714. The van der Waals surface area contributed by atoms with Crippen LogP contribution in [0.4, 0.5) is 4.39 Å². The van der Waals surface area contributed by atoms with E-state index in [0.717, 1.165) is 31.2 Å². The fourth-order valence-corrected chi connectivity index (χ4v) is 3.22. The topological polar surface area (TPSA) is 98.7 Å². The number of hydrogen-bond donors (Lipinski definition) is 2. The Morgan fingerprint density at radius 2 is 1.96 bits per heavy atom. The Kier molecular flexibility index (Phi) is 7.05. The van der Waals surface area contributed by atoms with Crippen LogP contribution in [0.3, 0.4) is 0 Å². The van der Waals surface area contributed by atoms with E-state index >= 15 is 0 Å². The summed E-state index contributed by atoms with van der Waals surface area (Å²) in [6.07, 6.45) is 3.98. The van der Waals surface area contributed by atoms with Gasteiger partial charge in [0.15, 0.2) is 0 Å². The van der Waals surface area contributed by atoms with Crippen molar-refractivity contribution in [3.63, 3.8) is 0 Å². The molecule has 3 rings (SSSR count). The maximum absolute atomic E-state index is 13.1. The van der Waals surface area contributed by atoms with Crippen molar-refractivity contribution in [2.75, 3.05) is 0 Å². The van der Waals surface area contributed by atoms with Gasteiger partial charge in [0.1, 0.15) is 17.7 Å². The maximum Gasteiger partial charge on any atom is 0.245 e. The minimum Gasteiger partial charge on any atom is -0.351 e. The molecule has 1 amide bonds. The van der Waals surface area contributed by atoms with Gasteiger partial charge in [0.25, 0.3) is 0 Å². The van der Waals surface area contributed by atoms with E-state index in [4.69, 9.17) is 5.73 Å². The van der Waals surface area contributed by atoms with Gasteiger partial charge in [-0.25, -0.2) is 9.07 Å². The number of carbonyl (C=O) groups excluding carboxylic acids is 1. The lowest BCUT2D eigenvalue weighted by Crippen LogP contribution is -2.44. The number of hydrogen-bond acceptors (Lipinski definition) is 5. The fraction of sp³-hybridized carbons (Fsp3) is 0.529. The van der Waals surface area contributed by atoms with Crippen LogP contribution in [-0.2, 0) is 11.2 Å². The number of nitrogens with zero attached hydrogens (tertiary/aromatic N) is 4. The first-order valence-electron chi connectivity index (χ1n) is 8.58. The van der Waals surface area contributed by atoms with Crippen molar-refractivity contribution in [3.8, 4) is 0 Å². The number of carbonyl (C=O) groups is 1. The van der Waals surface area contributed by atoms with E-state index in [2.05, 4.69) is 20.8 Å². The van der Waals surface area contributed by atoms with E-state index in [1.54, 1.807) is 19.1 Å². The molecule has 1 unspecified atom stereocenters. The van der Waals surface area contributed by atoms with Crippen LogP contribution >= 0.6 is 12.4 Å². The molecular weight excluding hydrogens is 359 g/mol. The summed E-state index contributed by atoms with van der Waals surface area (Å²) in [6, 6.07) is 5.91. The summed E-state index contributed by atoms with van der Waals surface area (Å²) < 4.78 is 14.7. The zero-order valence-electron chi connectivity index (χ0n) is 14.6. The molecule has 0 bridgehead atoms. The molecule has 1 atom stereocenters. The van der Waals surface area contributed by atoms with E-state index in [0.29, 0.717) is 12.2 Å². The van der Waals surface area contributed by atoms with Crippen molar-refractivity contribution in [2.45, 2.75) is 57.2 Å². The number of tetrazole rings is 1. The summed E-state index contributed by atoms with van der Waals surface area (Å²) in [5.74, 6) is 0.134. The van der Waals surface area contributed by atoms with E-state index in [1.807, 2.05) is 0 Å².